The summed E-state index contributed by atoms with van der Waals surface area (Å²) in [5.41, 5.74) is 0. The van der Waals surface area contributed by atoms with E-state index in [1.807, 2.05) is 0 Å². The molecule has 0 unspecified atom stereocenters. The van der Waals surface area contributed by atoms with Crippen molar-refractivity contribution in [1.29, 1.82) is 0 Å². The van der Waals surface area contributed by atoms with E-state index in [0.29, 0.717) is 19.3 Å². The number of nitrogens with zero attached hydrogens (tertiary/aromatic N) is 1. The van der Waals surface area contributed by atoms with E-state index in [4.69, 9.17) is 4.84 Å². The van der Waals surface area contributed by atoms with E-state index in [0.717, 1.165) is 0 Å². The lowest BCUT2D eigenvalue weighted by Gasteiger charge is -2.24. The Hall–Kier alpha value is -0.900. The molecular formula is C8H13NO3. The molecule has 68 valence electrons. The highest BCUT2D eigenvalue weighted by Gasteiger charge is 2.29. The summed E-state index contributed by atoms with van der Waals surface area (Å²) in [5, 5.41) is 1.20. The third-order valence-electron chi connectivity index (χ3n) is 2.12. The Bertz CT molecular complexity index is 194. The summed E-state index contributed by atoms with van der Waals surface area (Å²) >= 11 is 0. The van der Waals surface area contributed by atoms with Crippen LogP contribution >= 0.6 is 0 Å². The molecule has 0 radical (unpaired) electrons. The first kappa shape index (κ1) is 9.19. The highest BCUT2D eigenvalue weighted by atomic mass is 16.7. The molecule has 0 atom stereocenters. The summed E-state index contributed by atoms with van der Waals surface area (Å²) in [6.45, 7) is 0. The molecule has 0 heterocycles. The van der Waals surface area contributed by atoms with Gasteiger partial charge in [0, 0.05) is 26.3 Å². The lowest BCUT2D eigenvalue weighted by Crippen LogP contribution is -2.32. The van der Waals surface area contributed by atoms with Gasteiger partial charge in [-0.25, -0.2) is 5.06 Å². The van der Waals surface area contributed by atoms with E-state index in [9.17, 15) is 9.59 Å². The van der Waals surface area contributed by atoms with E-state index < -0.39 is 0 Å². The van der Waals surface area contributed by atoms with Crippen LogP contribution in [0.3, 0.4) is 0 Å². The van der Waals surface area contributed by atoms with Gasteiger partial charge in [-0.1, -0.05) is 0 Å². The van der Waals surface area contributed by atoms with Crippen LogP contribution in [-0.2, 0) is 14.4 Å². The van der Waals surface area contributed by atoms with Gasteiger partial charge in [0.2, 0.25) is 5.91 Å². The molecule has 1 fully saturated rings. The number of Topliss-reactive ketones (excluding diaryl/α,β-unsaturated/α-hetero) is 1. The summed E-state index contributed by atoms with van der Waals surface area (Å²) in [7, 11) is 3.02. The molecule has 0 aromatic heterocycles. The first-order chi connectivity index (χ1) is 5.63. The number of ketones is 1. The number of carbonyl (C=O) groups is 2. The second-order valence-electron chi connectivity index (χ2n) is 3.09. The largest absolute Gasteiger partial charge is 0.300 e. The molecule has 0 spiro atoms. The van der Waals surface area contributed by atoms with Gasteiger partial charge in [-0.2, -0.15) is 0 Å². The zero-order chi connectivity index (χ0) is 9.14. The van der Waals surface area contributed by atoms with Gasteiger partial charge in [-0.3, -0.25) is 14.4 Å². The first-order valence-electron chi connectivity index (χ1n) is 3.96. The number of carbonyl (C=O) groups excluding carboxylic acids is 2. The molecule has 1 rings (SSSR count). The number of rotatable bonds is 3. The molecule has 4 heteroatoms. The van der Waals surface area contributed by atoms with E-state index in [1.54, 1.807) is 7.05 Å². The maximum Gasteiger partial charge on any atom is 0.246 e. The SMILES string of the molecule is CON(C)C(=O)CC1CC(=O)C1. The molecule has 1 saturated carbocycles. The van der Waals surface area contributed by atoms with Crippen LogP contribution in [0.4, 0.5) is 0 Å². The normalized spacial score (nSPS) is 17.3. The van der Waals surface area contributed by atoms with Gasteiger partial charge in [-0.15, -0.1) is 0 Å². The summed E-state index contributed by atoms with van der Waals surface area (Å²) in [5.74, 6) is 0.450. The van der Waals surface area contributed by atoms with E-state index in [-0.39, 0.29) is 17.6 Å². The van der Waals surface area contributed by atoms with Crippen molar-refractivity contribution >= 4 is 11.7 Å². The third-order valence-corrected chi connectivity index (χ3v) is 2.12. The molecule has 4 nitrogen and oxygen atoms in total. The lowest BCUT2D eigenvalue weighted by molar-refractivity contribution is -0.170. The Morgan fingerprint density at radius 2 is 2.25 bits per heavy atom. The minimum Gasteiger partial charge on any atom is -0.300 e. The fourth-order valence-corrected chi connectivity index (χ4v) is 1.21. The maximum absolute atomic E-state index is 11.2. The van der Waals surface area contributed by atoms with E-state index in [2.05, 4.69) is 0 Å². The van der Waals surface area contributed by atoms with Crippen LogP contribution in [0.25, 0.3) is 0 Å². The van der Waals surface area contributed by atoms with Crippen molar-refractivity contribution in [3.63, 3.8) is 0 Å². The van der Waals surface area contributed by atoms with Crippen LogP contribution in [0.2, 0.25) is 0 Å². The first-order valence-corrected chi connectivity index (χ1v) is 3.96. The molecule has 0 aliphatic heterocycles. The Labute approximate surface area is 71.4 Å². The molecule has 0 aromatic rings. The second-order valence-corrected chi connectivity index (χ2v) is 3.09. The number of amides is 1. The van der Waals surface area contributed by atoms with Crippen molar-refractivity contribution in [1.82, 2.24) is 5.06 Å². The molecule has 1 aliphatic carbocycles. The molecule has 0 bridgehead atoms. The fraction of sp³-hybridized carbons (Fsp3) is 0.750. The monoisotopic (exact) mass is 171 g/mol. The number of hydrogen-bond donors (Lipinski definition) is 0. The molecule has 0 aromatic carbocycles. The van der Waals surface area contributed by atoms with Crippen LogP contribution in [0, 0.1) is 5.92 Å². The molecule has 0 N–H and O–H groups in total. The summed E-state index contributed by atoms with van der Waals surface area (Å²) in [6.07, 6.45) is 1.54. The van der Waals surface area contributed by atoms with Crippen molar-refractivity contribution in [2.24, 2.45) is 5.92 Å². The van der Waals surface area contributed by atoms with Gasteiger partial charge in [0.05, 0.1) is 7.11 Å². The maximum atomic E-state index is 11.2. The van der Waals surface area contributed by atoms with Gasteiger partial charge in [0.15, 0.2) is 0 Å². The average Bonchev–Trinajstić information content (AvgIpc) is 2.00. The Morgan fingerprint density at radius 3 is 2.67 bits per heavy atom. The fourth-order valence-electron chi connectivity index (χ4n) is 1.21. The highest BCUT2D eigenvalue weighted by molar-refractivity contribution is 5.86. The Morgan fingerprint density at radius 1 is 1.67 bits per heavy atom. The van der Waals surface area contributed by atoms with Gasteiger partial charge >= 0.3 is 0 Å². The Balaban J connectivity index is 2.23. The van der Waals surface area contributed by atoms with E-state index >= 15 is 0 Å². The lowest BCUT2D eigenvalue weighted by atomic mass is 9.81. The summed E-state index contributed by atoms with van der Waals surface area (Å²) < 4.78 is 0. The van der Waals surface area contributed by atoms with Gasteiger partial charge < -0.3 is 0 Å². The van der Waals surface area contributed by atoms with Crippen LogP contribution in [0.15, 0.2) is 0 Å². The predicted molar refractivity (Wildman–Crippen MR) is 42.1 cm³/mol. The molecule has 1 amide bonds. The highest BCUT2D eigenvalue weighted by Crippen LogP contribution is 2.26. The molecule has 12 heavy (non-hydrogen) atoms. The molecule has 1 aliphatic rings. The zero-order valence-electron chi connectivity index (χ0n) is 7.37. The number of hydroxylamine groups is 2. The quantitative estimate of drug-likeness (QED) is 0.576. The predicted octanol–water partition coefficient (Wildman–Crippen LogP) is 0.375. The van der Waals surface area contributed by atoms with Crippen molar-refractivity contribution in [3.05, 3.63) is 0 Å². The summed E-state index contributed by atoms with van der Waals surface area (Å²) in [4.78, 5) is 26.5. The van der Waals surface area contributed by atoms with Gasteiger partial charge in [0.1, 0.15) is 5.78 Å². The molecule has 0 saturated heterocycles. The summed E-state index contributed by atoms with van der Waals surface area (Å²) in [6, 6.07) is 0. The smallest absolute Gasteiger partial charge is 0.246 e. The van der Waals surface area contributed by atoms with Crippen molar-refractivity contribution in [3.8, 4) is 0 Å². The van der Waals surface area contributed by atoms with Crippen LogP contribution in [0.1, 0.15) is 19.3 Å². The van der Waals surface area contributed by atoms with Crippen LogP contribution < -0.4 is 0 Å². The van der Waals surface area contributed by atoms with Crippen molar-refractivity contribution in [2.75, 3.05) is 14.2 Å². The Kier molecular flexibility index (Phi) is 2.81. The minimum absolute atomic E-state index is 0.0602. The third kappa shape index (κ3) is 2.04. The van der Waals surface area contributed by atoms with Crippen molar-refractivity contribution < 1.29 is 14.4 Å². The second kappa shape index (κ2) is 3.67. The zero-order valence-corrected chi connectivity index (χ0v) is 7.37. The van der Waals surface area contributed by atoms with Gasteiger partial charge in [-0.05, 0) is 5.92 Å². The van der Waals surface area contributed by atoms with Crippen LogP contribution in [-0.4, -0.2) is 30.9 Å². The average molecular weight is 171 g/mol. The molecular weight excluding hydrogens is 158 g/mol. The minimum atomic E-state index is -0.0602. The van der Waals surface area contributed by atoms with E-state index in [1.165, 1.54) is 12.2 Å². The standard InChI is InChI=1S/C8H13NO3/c1-9(12-2)8(11)5-6-3-7(10)4-6/h6H,3-5H2,1-2H3. The van der Waals surface area contributed by atoms with Crippen LogP contribution in [0.5, 0.6) is 0 Å². The number of hydrogen-bond acceptors (Lipinski definition) is 3. The van der Waals surface area contributed by atoms with Crippen molar-refractivity contribution in [2.45, 2.75) is 19.3 Å². The topological polar surface area (TPSA) is 46.6 Å². The van der Waals surface area contributed by atoms with Gasteiger partial charge in [0.25, 0.3) is 0 Å².